The Morgan fingerprint density at radius 2 is 2.12 bits per heavy atom. The molecule has 0 aromatic heterocycles. The lowest BCUT2D eigenvalue weighted by atomic mass is 10.2. The summed E-state index contributed by atoms with van der Waals surface area (Å²) in [5.41, 5.74) is 6.55. The molecule has 0 bridgehead atoms. The molecule has 1 saturated heterocycles. The average molecular weight is 236 g/mol. The lowest BCUT2D eigenvalue weighted by molar-refractivity contribution is 0.0791. The summed E-state index contributed by atoms with van der Waals surface area (Å²) in [7, 11) is 0. The fraction of sp³-hybridized carbons (Fsp3) is 0.417. The Morgan fingerprint density at radius 1 is 1.44 bits per heavy atom. The van der Waals surface area contributed by atoms with E-state index in [1.165, 1.54) is 4.90 Å². The molecular weight excluding hydrogens is 220 g/mol. The number of carbonyl (C=O) groups excluding carboxylic acids is 1. The van der Waals surface area contributed by atoms with Gasteiger partial charge in [-0.2, -0.15) is 0 Å². The van der Waals surface area contributed by atoms with Crippen molar-refractivity contribution in [3.05, 3.63) is 29.8 Å². The van der Waals surface area contributed by atoms with Crippen LogP contribution in [0.3, 0.4) is 0 Å². The number of benzene rings is 1. The third-order valence-corrected chi connectivity index (χ3v) is 3.59. The normalized spacial score (nSPS) is 20.1. The lowest BCUT2D eigenvalue weighted by Gasteiger charge is -2.15. The summed E-state index contributed by atoms with van der Waals surface area (Å²) in [6, 6.07) is 7.88. The predicted molar refractivity (Wildman–Crippen MR) is 66.7 cm³/mol. The van der Waals surface area contributed by atoms with Gasteiger partial charge in [0.15, 0.2) is 0 Å². The van der Waals surface area contributed by atoms with Gasteiger partial charge >= 0.3 is 0 Å². The Hall–Kier alpha value is -1.00. The van der Waals surface area contributed by atoms with Crippen LogP contribution in [0, 0.1) is 0 Å². The van der Waals surface area contributed by atoms with Crippen LogP contribution in [0.2, 0.25) is 0 Å². The second kappa shape index (κ2) is 4.89. The van der Waals surface area contributed by atoms with Gasteiger partial charge in [0.2, 0.25) is 0 Å². The molecule has 0 spiro atoms. The molecule has 86 valence electrons. The average Bonchev–Trinajstić information content (AvgIpc) is 2.75. The molecule has 1 heterocycles. The molecule has 1 atom stereocenters. The number of nitrogens with two attached hydrogens (primary N) is 1. The molecule has 16 heavy (non-hydrogen) atoms. The van der Waals surface area contributed by atoms with Gasteiger partial charge in [-0.25, -0.2) is 0 Å². The maximum absolute atomic E-state index is 12.1. The van der Waals surface area contributed by atoms with Crippen molar-refractivity contribution in [3.8, 4) is 0 Å². The summed E-state index contributed by atoms with van der Waals surface area (Å²) in [6.45, 7) is 1.47. The van der Waals surface area contributed by atoms with Crippen molar-refractivity contribution in [3.63, 3.8) is 0 Å². The Bertz CT molecular complexity index is 377. The van der Waals surface area contributed by atoms with Gasteiger partial charge in [0, 0.05) is 29.6 Å². The summed E-state index contributed by atoms with van der Waals surface area (Å²) in [6.07, 6.45) is 2.94. The van der Waals surface area contributed by atoms with Crippen LogP contribution in [0.5, 0.6) is 0 Å². The predicted octanol–water partition coefficient (Wildman–Crippen LogP) is 1.58. The Balaban J connectivity index is 2.08. The van der Waals surface area contributed by atoms with Crippen LogP contribution in [0.1, 0.15) is 16.8 Å². The van der Waals surface area contributed by atoms with E-state index in [2.05, 4.69) is 0 Å². The molecule has 0 radical (unpaired) electrons. The zero-order valence-corrected chi connectivity index (χ0v) is 10.2. The lowest BCUT2D eigenvalue weighted by Crippen LogP contribution is -2.31. The maximum Gasteiger partial charge on any atom is 0.253 e. The van der Waals surface area contributed by atoms with Crippen LogP contribution in [-0.2, 0) is 0 Å². The monoisotopic (exact) mass is 236 g/mol. The second-order valence-corrected chi connectivity index (χ2v) is 4.91. The highest BCUT2D eigenvalue weighted by Crippen LogP contribution is 2.17. The molecule has 0 aliphatic carbocycles. The molecule has 1 aliphatic heterocycles. The fourth-order valence-electron chi connectivity index (χ4n) is 1.89. The summed E-state index contributed by atoms with van der Waals surface area (Å²) in [5.74, 6) is 0.0978. The molecule has 1 fully saturated rings. The van der Waals surface area contributed by atoms with E-state index in [1.54, 1.807) is 11.8 Å². The molecule has 4 heteroatoms. The highest BCUT2D eigenvalue weighted by molar-refractivity contribution is 7.98. The van der Waals surface area contributed by atoms with Gasteiger partial charge in [-0.05, 0) is 36.9 Å². The van der Waals surface area contributed by atoms with Crippen molar-refractivity contribution in [1.29, 1.82) is 0 Å². The second-order valence-electron chi connectivity index (χ2n) is 4.03. The van der Waals surface area contributed by atoms with E-state index in [0.717, 1.165) is 18.5 Å². The van der Waals surface area contributed by atoms with Gasteiger partial charge in [-0.1, -0.05) is 0 Å². The first-order chi connectivity index (χ1) is 7.70. The Morgan fingerprint density at radius 3 is 2.62 bits per heavy atom. The number of rotatable bonds is 2. The van der Waals surface area contributed by atoms with Crippen LogP contribution < -0.4 is 5.73 Å². The molecule has 1 aliphatic rings. The quantitative estimate of drug-likeness (QED) is 0.793. The van der Waals surface area contributed by atoms with Gasteiger partial charge in [-0.3, -0.25) is 4.79 Å². The highest BCUT2D eigenvalue weighted by Gasteiger charge is 2.24. The topological polar surface area (TPSA) is 46.3 Å². The minimum Gasteiger partial charge on any atom is -0.337 e. The fourth-order valence-corrected chi connectivity index (χ4v) is 2.30. The third-order valence-electron chi connectivity index (χ3n) is 2.85. The van der Waals surface area contributed by atoms with Gasteiger partial charge in [0.25, 0.3) is 5.91 Å². The van der Waals surface area contributed by atoms with Crippen LogP contribution in [0.15, 0.2) is 29.2 Å². The van der Waals surface area contributed by atoms with Gasteiger partial charge in [0.1, 0.15) is 0 Å². The van der Waals surface area contributed by atoms with E-state index in [4.69, 9.17) is 5.73 Å². The zero-order valence-electron chi connectivity index (χ0n) is 9.35. The number of hydrogen-bond acceptors (Lipinski definition) is 3. The zero-order chi connectivity index (χ0) is 11.5. The Kier molecular flexibility index (Phi) is 3.51. The molecule has 0 unspecified atom stereocenters. The maximum atomic E-state index is 12.1. The number of thioether (sulfide) groups is 1. The van der Waals surface area contributed by atoms with Crippen LogP contribution in [-0.4, -0.2) is 36.2 Å². The molecule has 2 rings (SSSR count). The molecule has 2 N–H and O–H groups in total. The number of hydrogen-bond donors (Lipinski definition) is 1. The minimum atomic E-state index is 0.0978. The molecule has 1 amide bonds. The first kappa shape index (κ1) is 11.5. The molecule has 1 aromatic carbocycles. The summed E-state index contributed by atoms with van der Waals surface area (Å²) in [5, 5.41) is 0. The van der Waals surface area contributed by atoms with Crippen LogP contribution in [0.4, 0.5) is 0 Å². The van der Waals surface area contributed by atoms with Crippen molar-refractivity contribution in [2.24, 2.45) is 5.73 Å². The van der Waals surface area contributed by atoms with Crippen LogP contribution >= 0.6 is 11.8 Å². The van der Waals surface area contributed by atoms with E-state index in [1.807, 2.05) is 35.4 Å². The summed E-state index contributed by atoms with van der Waals surface area (Å²) in [4.78, 5) is 15.1. The van der Waals surface area contributed by atoms with E-state index in [-0.39, 0.29) is 11.9 Å². The van der Waals surface area contributed by atoms with Gasteiger partial charge in [-0.15, -0.1) is 11.8 Å². The smallest absolute Gasteiger partial charge is 0.253 e. The minimum absolute atomic E-state index is 0.0978. The summed E-state index contributed by atoms with van der Waals surface area (Å²) >= 11 is 1.68. The first-order valence-electron chi connectivity index (χ1n) is 5.39. The van der Waals surface area contributed by atoms with E-state index >= 15 is 0 Å². The first-order valence-corrected chi connectivity index (χ1v) is 6.62. The molecule has 1 aromatic rings. The van der Waals surface area contributed by atoms with Crippen molar-refractivity contribution < 1.29 is 4.79 Å². The molecule has 3 nitrogen and oxygen atoms in total. The van der Waals surface area contributed by atoms with Crippen LogP contribution in [0.25, 0.3) is 0 Å². The molecular formula is C12H16N2OS. The van der Waals surface area contributed by atoms with Crippen molar-refractivity contribution in [2.45, 2.75) is 17.4 Å². The number of amides is 1. The highest BCUT2D eigenvalue weighted by atomic mass is 32.2. The van der Waals surface area contributed by atoms with Gasteiger partial charge in [0.05, 0.1) is 0 Å². The van der Waals surface area contributed by atoms with E-state index < -0.39 is 0 Å². The van der Waals surface area contributed by atoms with Crippen molar-refractivity contribution in [1.82, 2.24) is 4.90 Å². The van der Waals surface area contributed by atoms with Crippen molar-refractivity contribution >= 4 is 17.7 Å². The standard InChI is InChI=1S/C12H16N2OS/c1-16-11-4-2-9(3-5-11)12(15)14-7-6-10(13)8-14/h2-5,10H,6-8,13H2,1H3/t10-/m1/s1. The Labute approximate surface area is 100.0 Å². The third kappa shape index (κ3) is 2.39. The molecule has 0 saturated carbocycles. The van der Waals surface area contributed by atoms with Crippen molar-refractivity contribution in [2.75, 3.05) is 19.3 Å². The largest absolute Gasteiger partial charge is 0.337 e. The number of carbonyl (C=O) groups is 1. The summed E-state index contributed by atoms with van der Waals surface area (Å²) < 4.78 is 0. The van der Waals surface area contributed by atoms with E-state index in [9.17, 15) is 4.79 Å². The van der Waals surface area contributed by atoms with Gasteiger partial charge < -0.3 is 10.6 Å². The number of nitrogens with zero attached hydrogens (tertiary/aromatic N) is 1. The number of likely N-dealkylation sites (tertiary alicyclic amines) is 1. The van der Waals surface area contributed by atoms with E-state index in [0.29, 0.717) is 6.54 Å². The SMILES string of the molecule is CSc1ccc(C(=O)N2CC[C@@H](N)C2)cc1.